The van der Waals surface area contributed by atoms with Gasteiger partial charge in [-0.2, -0.15) is 0 Å². The first-order valence-corrected chi connectivity index (χ1v) is 10.2. The normalized spacial score (nSPS) is 40.2. The first kappa shape index (κ1) is 16.6. The van der Waals surface area contributed by atoms with E-state index in [0.717, 1.165) is 0 Å². The van der Waals surface area contributed by atoms with Gasteiger partial charge >= 0.3 is 0 Å². The minimum atomic E-state index is 0.257. The van der Waals surface area contributed by atoms with E-state index < -0.39 is 0 Å². The summed E-state index contributed by atoms with van der Waals surface area (Å²) in [5.41, 5.74) is 21.4. The molecule has 0 bridgehead atoms. The zero-order valence-electron chi connectivity index (χ0n) is 15.5. The number of hydrogen-bond acceptors (Lipinski definition) is 2. The second-order valence-electron chi connectivity index (χ2n) is 8.77. The SMILES string of the molecule is CC1C=C(C2CC(C)C(N)C3=C2CCCC3)C2=C(CCCC2)C1N. The zero-order chi connectivity index (χ0) is 16.8. The van der Waals surface area contributed by atoms with Crippen LogP contribution in [0.25, 0.3) is 0 Å². The second kappa shape index (κ2) is 6.46. The summed E-state index contributed by atoms with van der Waals surface area (Å²) in [5, 5.41) is 0. The molecule has 0 heterocycles. The third kappa shape index (κ3) is 2.63. The van der Waals surface area contributed by atoms with Crippen LogP contribution in [0.4, 0.5) is 0 Å². The molecule has 0 saturated carbocycles. The average molecular weight is 327 g/mol. The van der Waals surface area contributed by atoms with Gasteiger partial charge in [-0.3, -0.25) is 0 Å². The zero-order valence-corrected chi connectivity index (χ0v) is 15.5. The van der Waals surface area contributed by atoms with Crippen molar-refractivity contribution in [2.24, 2.45) is 29.2 Å². The Hall–Kier alpha value is -0.860. The molecule has 2 nitrogen and oxygen atoms in total. The van der Waals surface area contributed by atoms with Crippen LogP contribution in [0.15, 0.2) is 33.9 Å². The minimum Gasteiger partial charge on any atom is -0.324 e. The molecule has 0 aliphatic heterocycles. The van der Waals surface area contributed by atoms with Crippen molar-refractivity contribution >= 4 is 0 Å². The van der Waals surface area contributed by atoms with Crippen molar-refractivity contribution in [2.45, 2.75) is 83.7 Å². The summed E-state index contributed by atoms with van der Waals surface area (Å²) in [4.78, 5) is 0. The van der Waals surface area contributed by atoms with Gasteiger partial charge in [-0.25, -0.2) is 0 Å². The van der Waals surface area contributed by atoms with E-state index in [1.807, 2.05) is 0 Å². The molecular formula is C22H34N2. The van der Waals surface area contributed by atoms with Crippen molar-refractivity contribution in [2.75, 3.05) is 0 Å². The van der Waals surface area contributed by atoms with E-state index in [1.165, 1.54) is 57.8 Å². The van der Waals surface area contributed by atoms with Gasteiger partial charge in [0.1, 0.15) is 0 Å². The van der Waals surface area contributed by atoms with E-state index in [1.54, 1.807) is 27.9 Å². The highest BCUT2D eigenvalue weighted by Gasteiger charge is 2.38. The Bertz CT molecular complexity index is 609. The molecule has 4 aliphatic rings. The lowest BCUT2D eigenvalue weighted by molar-refractivity contribution is 0.352. The van der Waals surface area contributed by atoms with Gasteiger partial charge in [-0.15, -0.1) is 0 Å². The molecule has 0 saturated heterocycles. The molecular weight excluding hydrogens is 292 g/mol. The lowest BCUT2D eigenvalue weighted by Crippen LogP contribution is -2.41. The standard InChI is InChI=1S/C22H34N2/c1-13-11-19(15-7-3-5-9-17(15)21(13)23)20-12-14(2)22(24)18-10-6-4-8-16(18)20/h11,13-14,20-22H,3-10,12,23-24H2,1-2H3. The van der Waals surface area contributed by atoms with Gasteiger partial charge in [0, 0.05) is 18.0 Å². The molecule has 0 amide bonds. The Morgan fingerprint density at radius 2 is 1.42 bits per heavy atom. The van der Waals surface area contributed by atoms with Crippen molar-refractivity contribution < 1.29 is 0 Å². The smallest absolute Gasteiger partial charge is 0.0320 e. The summed E-state index contributed by atoms with van der Waals surface area (Å²) in [6.45, 7) is 4.68. The summed E-state index contributed by atoms with van der Waals surface area (Å²) in [6.07, 6.45) is 14.1. The molecule has 0 aromatic carbocycles. The fraction of sp³-hybridized carbons (Fsp3) is 0.727. The van der Waals surface area contributed by atoms with Crippen molar-refractivity contribution in [1.82, 2.24) is 0 Å². The minimum absolute atomic E-state index is 0.257. The van der Waals surface area contributed by atoms with Crippen LogP contribution in [-0.4, -0.2) is 12.1 Å². The molecule has 24 heavy (non-hydrogen) atoms. The van der Waals surface area contributed by atoms with E-state index in [2.05, 4.69) is 19.9 Å². The molecule has 0 spiro atoms. The van der Waals surface area contributed by atoms with Gasteiger partial charge in [0.05, 0.1) is 0 Å². The highest BCUT2D eigenvalue weighted by atomic mass is 14.7. The van der Waals surface area contributed by atoms with E-state index in [-0.39, 0.29) is 6.04 Å². The highest BCUT2D eigenvalue weighted by Crippen LogP contribution is 2.49. The van der Waals surface area contributed by atoms with Crippen molar-refractivity contribution in [3.63, 3.8) is 0 Å². The van der Waals surface area contributed by atoms with Crippen molar-refractivity contribution in [3.8, 4) is 0 Å². The monoisotopic (exact) mass is 326 g/mol. The molecule has 4 aliphatic carbocycles. The Morgan fingerprint density at radius 1 is 0.792 bits per heavy atom. The van der Waals surface area contributed by atoms with Gasteiger partial charge in [0.15, 0.2) is 0 Å². The highest BCUT2D eigenvalue weighted by molar-refractivity contribution is 5.49. The van der Waals surface area contributed by atoms with Gasteiger partial charge < -0.3 is 11.5 Å². The lowest BCUT2D eigenvalue weighted by Gasteiger charge is -2.43. The van der Waals surface area contributed by atoms with E-state index in [0.29, 0.717) is 23.8 Å². The second-order valence-corrected chi connectivity index (χ2v) is 8.77. The van der Waals surface area contributed by atoms with E-state index >= 15 is 0 Å². The largest absolute Gasteiger partial charge is 0.324 e. The third-order valence-electron chi connectivity index (χ3n) is 7.24. The average Bonchev–Trinajstić information content (AvgIpc) is 2.61. The van der Waals surface area contributed by atoms with E-state index in [4.69, 9.17) is 11.5 Å². The molecule has 132 valence electrons. The fourth-order valence-electron chi connectivity index (χ4n) is 5.81. The molecule has 5 atom stereocenters. The quantitative estimate of drug-likeness (QED) is 0.691. The third-order valence-corrected chi connectivity index (χ3v) is 7.24. The van der Waals surface area contributed by atoms with Crippen LogP contribution < -0.4 is 11.5 Å². The summed E-state index contributed by atoms with van der Waals surface area (Å²) in [6, 6.07) is 0.562. The van der Waals surface area contributed by atoms with Crippen LogP contribution >= 0.6 is 0 Å². The van der Waals surface area contributed by atoms with Crippen LogP contribution in [0.1, 0.15) is 71.6 Å². The number of hydrogen-bond donors (Lipinski definition) is 2. The fourth-order valence-corrected chi connectivity index (χ4v) is 5.81. The first-order valence-electron chi connectivity index (χ1n) is 10.2. The number of rotatable bonds is 1. The maximum atomic E-state index is 6.60. The Kier molecular flexibility index (Phi) is 4.47. The number of nitrogens with two attached hydrogens (primary N) is 2. The maximum Gasteiger partial charge on any atom is 0.0320 e. The molecule has 0 radical (unpaired) electrons. The molecule has 0 aromatic heterocycles. The molecule has 4 N–H and O–H groups in total. The molecule has 0 aromatic rings. The van der Waals surface area contributed by atoms with E-state index in [9.17, 15) is 0 Å². The van der Waals surface area contributed by atoms with Gasteiger partial charge in [0.25, 0.3) is 0 Å². The van der Waals surface area contributed by atoms with Crippen LogP contribution in [-0.2, 0) is 0 Å². The van der Waals surface area contributed by atoms with Crippen LogP contribution in [0, 0.1) is 17.8 Å². The first-order chi connectivity index (χ1) is 11.6. The predicted octanol–water partition coefficient (Wildman–Crippen LogP) is 4.61. The van der Waals surface area contributed by atoms with Crippen LogP contribution in [0.3, 0.4) is 0 Å². The summed E-state index contributed by atoms with van der Waals surface area (Å²) >= 11 is 0. The lowest BCUT2D eigenvalue weighted by atomic mass is 9.63. The molecule has 0 fully saturated rings. The Balaban J connectivity index is 1.78. The number of allylic oxidation sites excluding steroid dienone is 3. The maximum absolute atomic E-state index is 6.60. The van der Waals surface area contributed by atoms with Gasteiger partial charge in [-0.1, -0.05) is 31.1 Å². The van der Waals surface area contributed by atoms with Crippen LogP contribution in [0.2, 0.25) is 0 Å². The van der Waals surface area contributed by atoms with Crippen molar-refractivity contribution in [1.29, 1.82) is 0 Å². The van der Waals surface area contributed by atoms with Crippen molar-refractivity contribution in [3.05, 3.63) is 33.9 Å². The molecule has 5 unspecified atom stereocenters. The summed E-state index contributed by atoms with van der Waals surface area (Å²) in [5.74, 6) is 1.72. The predicted molar refractivity (Wildman–Crippen MR) is 101 cm³/mol. The summed E-state index contributed by atoms with van der Waals surface area (Å²) in [7, 11) is 0. The molecule has 4 rings (SSSR count). The van der Waals surface area contributed by atoms with Gasteiger partial charge in [0.2, 0.25) is 0 Å². The van der Waals surface area contributed by atoms with Gasteiger partial charge in [-0.05, 0) is 86.3 Å². The van der Waals surface area contributed by atoms with Crippen LogP contribution in [0.5, 0.6) is 0 Å². The topological polar surface area (TPSA) is 52.0 Å². The molecule has 2 heteroatoms. The summed E-state index contributed by atoms with van der Waals surface area (Å²) < 4.78 is 0. The Morgan fingerprint density at radius 3 is 2.17 bits per heavy atom. The Labute approximate surface area is 147 Å².